The summed E-state index contributed by atoms with van der Waals surface area (Å²) in [6.07, 6.45) is 3.90. The van der Waals surface area contributed by atoms with Crippen molar-refractivity contribution in [2.45, 2.75) is 38.1 Å². The van der Waals surface area contributed by atoms with Gasteiger partial charge in [0.15, 0.2) is 5.69 Å². The van der Waals surface area contributed by atoms with Gasteiger partial charge in [0.25, 0.3) is 11.8 Å². The first-order valence-corrected chi connectivity index (χ1v) is 14.5. The Morgan fingerprint density at radius 3 is 2.32 bits per heavy atom. The second-order valence-corrected chi connectivity index (χ2v) is 12.0. The molecule has 2 aromatic carbocycles. The number of nitrogens with one attached hydrogen (secondary N) is 1. The van der Waals surface area contributed by atoms with Gasteiger partial charge >= 0.3 is 0 Å². The summed E-state index contributed by atoms with van der Waals surface area (Å²) in [5, 5.41) is 12.8. The van der Waals surface area contributed by atoms with E-state index in [9.17, 15) is 9.59 Å². The van der Waals surface area contributed by atoms with Gasteiger partial charge in [0.2, 0.25) is 0 Å². The first-order chi connectivity index (χ1) is 19.7. The second kappa shape index (κ2) is 10.9. The topological polar surface area (TPSA) is 96.2 Å². The molecule has 2 aromatic heterocycles. The van der Waals surface area contributed by atoms with Crippen molar-refractivity contribution in [1.82, 2.24) is 35.1 Å². The number of rotatable bonds is 7. The predicted octanol–water partition coefficient (Wildman–Crippen LogP) is 4.58. The molecule has 3 heterocycles. The normalized spacial score (nSPS) is 15.9. The number of benzene rings is 2. The molecule has 0 atom stereocenters. The van der Waals surface area contributed by atoms with Gasteiger partial charge in [-0.25, -0.2) is 9.67 Å². The molecule has 1 N–H and O–H groups in total. The van der Waals surface area contributed by atoms with Crippen molar-refractivity contribution in [3.8, 4) is 11.3 Å². The molecule has 2 amide bonds. The summed E-state index contributed by atoms with van der Waals surface area (Å²) in [5.74, 6) is -0.224. The molecule has 10 heteroatoms. The Bertz CT molecular complexity index is 1600. The van der Waals surface area contributed by atoms with Crippen molar-refractivity contribution < 1.29 is 9.59 Å². The highest BCUT2D eigenvalue weighted by Crippen LogP contribution is 2.34. The van der Waals surface area contributed by atoms with Crippen LogP contribution < -0.4 is 5.32 Å². The Kier molecular flexibility index (Phi) is 7.25. The minimum absolute atomic E-state index is 0.00591. The fraction of sp³-hybridized carbons (Fsp3) is 0.387. The number of likely N-dealkylation sites (N-methyl/N-ethyl adjacent to an activating group) is 1. The third-order valence-corrected chi connectivity index (χ3v) is 8.40. The molecule has 212 valence electrons. The lowest BCUT2D eigenvalue weighted by atomic mass is 9.84. The quantitative estimate of drug-likeness (QED) is 0.349. The molecule has 1 aliphatic carbocycles. The molecule has 41 heavy (non-hydrogen) atoms. The van der Waals surface area contributed by atoms with Crippen LogP contribution in [0.5, 0.6) is 0 Å². The van der Waals surface area contributed by atoms with E-state index in [1.54, 1.807) is 26.7 Å². The van der Waals surface area contributed by atoms with Crippen LogP contribution in [0.15, 0.2) is 54.7 Å². The van der Waals surface area contributed by atoms with Gasteiger partial charge in [-0.1, -0.05) is 61.0 Å². The van der Waals surface area contributed by atoms with Crippen LogP contribution in [-0.4, -0.2) is 81.4 Å². The first-order valence-electron chi connectivity index (χ1n) is 14.1. The van der Waals surface area contributed by atoms with Crippen molar-refractivity contribution in [1.29, 1.82) is 0 Å². The maximum absolute atomic E-state index is 13.4. The zero-order valence-corrected chi connectivity index (χ0v) is 24.4. The van der Waals surface area contributed by atoms with E-state index in [1.165, 1.54) is 5.56 Å². The minimum atomic E-state index is -0.139. The Labute approximate surface area is 244 Å². The summed E-state index contributed by atoms with van der Waals surface area (Å²) in [6.45, 7) is 7.09. The van der Waals surface area contributed by atoms with Gasteiger partial charge in [0.05, 0.1) is 28.5 Å². The van der Waals surface area contributed by atoms with Crippen LogP contribution in [0.4, 0.5) is 0 Å². The van der Waals surface area contributed by atoms with Crippen LogP contribution in [0, 0.1) is 0 Å². The van der Waals surface area contributed by atoms with Crippen LogP contribution in [0.1, 0.15) is 59.1 Å². The predicted molar refractivity (Wildman–Crippen MR) is 159 cm³/mol. The molecule has 4 aromatic rings. The van der Waals surface area contributed by atoms with Gasteiger partial charge in [0.1, 0.15) is 0 Å². The maximum Gasteiger partial charge on any atom is 0.276 e. The van der Waals surface area contributed by atoms with E-state index < -0.39 is 0 Å². The molecule has 2 aliphatic rings. The fourth-order valence-electron chi connectivity index (χ4n) is 5.45. The summed E-state index contributed by atoms with van der Waals surface area (Å²) >= 11 is 6.66. The van der Waals surface area contributed by atoms with Crippen molar-refractivity contribution in [2.24, 2.45) is 0 Å². The SMILES string of the molecule is CNCC(C)(C)c1ccc(-c2cc(Cl)c3ccc(C(=O)N4CCN(C(=O)c5cn(C6CC6)nn5)CC4)cc3n2)cc1. The van der Waals surface area contributed by atoms with Crippen molar-refractivity contribution in [2.75, 3.05) is 39.8 Å². The van der Waals surface area contributed by atoms with E-state index >= 15 is 0 Å². The molecule has 1 saturated heterocycles. The summed E-state index contributed by atoms with van der Waals surface area (Å²) in [7, 11) is 1.96. The molecule has 0 radical (unpaired) electrons. The highest BCUT2D eigenvalue weighted by Gasteiger charge is 2.30. The highest BCUT2D eigenvalue weighted by atomic mass is 35.5. The Hall–Kier alpha value is -3.82. The van der Waals surface area contributed by atoms with Crippen LogP contribution in [0.3, 0.4) is 0 Å². The lowest BCUT2D eigenvalue weighted by Gasteiger charge is -2.34. The van der Waals surface area contributed by atoms with Crippen molar-refractivity contribution in [3.63, 3.8) is 0 Å². The molecule has 1 aliphatic heterocycles. The molecular weight excluding hydrogens is 538 g/mol. The maximum atomic E-state index is 13.4. The second-order valence-electron chi connectivity index (χ2n) is 11.6. The molecule has 2 fully saturated rings. The molecule has 1 saturated carbocycles. The Balaban J connectivity index is 1.16. The Morgan fingerprint density at radius 2 is 1.66 bits per heavy atom. The zero-order valence-electron chi connectivity index (χ0n) is 23.6. The van der Waals surface area contributed by atoms with Gasteiger partial charge in [0, 0.05) is 54.7 Å². The van der Waals surface area contributed by atoms with E-state index in [2.05, 4.69) is 53.7 Å². The average Bonchev–Trinajstić information content (AvgIpc) is 3.72. The van der Waals surface area contributed by atoms with Crippen molar-refractivity contribution >= 4 is 34.3 Å². The molecule has 6 rings (SSSR count). The summed E-state index contributed by atoms with van der Waals surface area (Å²) in [6, 6.07) is 16.1. The lowest BCUT2D eigenvalue weighted by Crippen LogP contribution is -2.50. The van der Waals surface area contributed by atoms with Gasteiger partial charge < -0.3 is 15.1 Å². The number of fused-ring (bicyclic) bond motifs is 1. The standard InChI is InChI=1S/C31H34ClN7O2/c1-31(2,19-33-3)22-7-4-20(5-8-22)26-17-25(32)24-11-6-21(16-27(24)34-26)29(40)37-12-14-38(15-13-37)30(41)28-18-39(36-35-28)23-9-10-23/h4-8,11,16-18,23,33H,9-10,12-15,19H2,1-3H3. The molecular formula is C31H34ClN7O2. The number of hydrogen-bond acceptors (Lipinski definition) is 6. The molecule has 0 spiro atoms. The molecule has 0 unspecified atom stereocenters. The Morgan fingerprint density at radius 1 is 0.976 bits per heavy atom. The summed E-state index contributed by atoms with van der Waals surface area (Å²) in [4.78, 5) is 34.7. The molecule has 0 bridgehead atoms. The van der Waals surface area contributed by atoms with Gasteiger partial charge in [-0.05, 0) is 43.7 Å². The van der Waals surface area contributed by atoms with Crippen molar-refractivity contribution in [3.05, 3.63) is 76.6 Å². The number of amides is 2. The summed E-state index contributed by atoms with van der Waals surface area (Å²) < 4.78 is 1.78. The number of nitrogens with zero attached hydrogens (tertiary/aromatic N) is 6. The monoisotopic (exact) mass is 571 g/mol. The number of carbonyl (C=O) groups excluding carboxylic acids is 2. The van der Waals surface area contributed by atoms with E-state index in [0.29, 0.717) is 54.0 Å². The van der Waals surface area contributed by atoms with Gasteiger partial charge in [-0.2, -0.15) is 0 Å². The summed E-state index contributed by atoms with van der Waals surface area (Å²) in [5.41, 5.74) is 4.55. The minimum Gasteiger partial charge on any atom is -0.335 e. The number of pyridine rings is 1. The van der Waals surface area contributed by atoms with Gasteiger partial charge in [-0.15, -0.1) is 5.10 Å². The average molecular weight is 572 g/mol. The number of halogens is 1. The number of piperazine rings is 1. The lowest BCUT2D eigenvalue weighted by molar-refractivity contribution is 0.0532. The zero-order chi connectivity index (χ0) is 28.7. The van der Waals surface area contributed by atoms with Crippen LogP contribution in [-0.2, 0) is 5.41 Å². The third-order valence-electron chi connectivity index (χ3n) is 8.09. The highest BCUT2D eigenvalue weighted by molar-refractivity contribution is 6.35. The molecule has 9 nitrogen and oxygen atoms in total. The fourth-order valence-corrected chi connectivity index (χ4v) is 5.72. The number of aromatic nitrogens is 4. The van der Waals surface area contributed by atoms with E-state index in [-0.39, 0.29) is 17.2 Å². The smallest absolute Gasteiger partial charge is 0.276 e. The largest absolute Gasteiger partial charge is 0.335 e. The van der Waals surface area contributed by atoms with E-state index in [0.717, 1.165) is 36.0 Å². The van der Waals surface area contributed by atoms with E-state index in [4.69, 9.17) is 16.6 Å². The van der Waals surface area contributed by atoms with Gasteiger partial charge in [-0.3, -0.25) is 9.59 Å². The third kappa shape index (κ3) is 5.56. The van der Waals surface area contributed by atoms with E-state index in [1.807, 2.05) is 25.2 Å². The number of carbonyl (C=O) groups is 2. The van der Waals surface area contributed by atoms with Crippen LogP contribution >= 0.6 is 11.6 Å². The van der Waals surface area contributed by atoms with Crippen LogP contribution in [0.25, 0.3) is 22.2 Å². The first kappa shape index (κ1) is 27.4. The van der Waals surface area contributed by atoms with Crippen LogP contribution in [0.2, 0.25) is 5.02 Å². The number of hydrogen-bond donors (Lipinski definition) is 1.